The third kappa shape index (κ3) is 3.37. The minimum absolute atomic E-state index is 0.0333. The Balaban J connectivity index is 1.92. The lowest BCUT2D eigenvalue weighted by Gasteiger charge is -2.15. The fourth-order valence-electron chi connectivity index (χ4n) is 1.97. The highest BCUT2D eigenvalue weighted by molar-refractivity contribution is 6.35. The molecule has 0 radical (unpaired) electrons. The third-order valence-electron chi connectivity index (χ3n) is 3.16. The predicted molar refractivity (Wildman–Crippen MR) is 73.9 cm³/mol. The van der Waals surface area contributed by atoms with Gasteiger partial charge in [-0.15, -0.1) is 0 Å². The number of rotatable bonds is 5. The van der Waals surface area contributed by atoms with E-state index in [1.54, 1.807) is 12.1 Å². The first-order valence-electron chi connectivity index (χ1n) is 6.00. The van der Waals surface area contributed by atoms with Crippen molar-refractivity contribution < 1.29 is 4.79 Å². The molecule has 1 fully saturated rings. The summed E-state index contributed by atoms with van der Waals surface area (Å²) in [4.78, 5) is 12.0. The maximum Gasteiger partial charge on any atom is 0.237 e. The average Bonchev–Trinajstić information content (AvgIpc) is 3.13. The molecule has 2 rings (SSSR count). The largest absolute Gasteiger partial charge is 0.351 e. The van der Waals surface area contributed by atoms with Crippen molar-refractivity contribution in [2.75, 3.05) is 7.05 Å². The molecule has 1 aliphatic rings. The van der Waals surface area contributed by atoms with Crippen LogP contribution in [0.3, 0.4) is 0 Å². The standard InChI is InChI=1S/C13H16Cl2N2O/c1-16-12(8-2-3-8)13(18)17-7-9-4-5-10(14)6-11(9)15/h4-6,8,12,16H,2-3,7H2,1H3,(H,17,18)/t12-/m1/s1. The van der Waals surface area contributed by atoms with Crippen LogP contribution in [-0.2, 0) is 11.3 Å². The summed E-state index contributed by atoms with van der Waals surface area (Å²) in [5.74, 6) is 0.515. The highest BCUT2D eigenvalue weighted by Crippen LogP contribution is 2.32. The van der Waals surface area contributed by atoms with E-state index >= 15 is 0 Å². The van der Waals surface area contributed by atoms with Crippen LogP contribution in [-0.4, -0.2) is 19.0 Å². The fraction of sp³-hybridized carbons (Fsp3) is 0.462. The lowest BCUT2D eigenvalue weighted by Crippen LogP contribution is -2.43. The van der Waals surface area contributed by atoms with Crippen molar-refractivity contribution in [2.45, 2.75) is 25.4 Å². The summed E-state index contributed by atoms with van der Waals surface area (Å²) in [6.07, 6.45) is 2.25. The molecule has 18 heavy (non-hydrogen) atoms. The minimum Gasteiger partial charge on any atom is -0.351 e. The Morgan fingerprint density at radius 2 is 2.17 bits per heavy atom. The first-order valence-corrected chi connectivity index (χ1v) is 6.76. The van der Waals surface area contributed by atoms with Crippen LogP contribution in [0.1, 0.15) is 18.4 Å². The Morgan fingerprint density at radius 1 is 1.44 bits per heavy atom. The van der Waals surface area contributed by atoms with Crippen molar-refractivity contribution in [3.63, 3.8) is 0 Å². The molecule has 5 heteroatoms. The van der Waals surface area contributed by atoms with Crippen molar-refractivity contribution in [3.05, 3.63) is 33.8 Å². The molecule has 0 aliphatic heterocycles. The number of hydrogen-bond donors (Lipinski definition) is 2. The van der Waals surface area contributed by atoms with Crippen LogP contribution in [0.4, 0.5) is 0 Å². The van der Waals surface area contributed by atoms with Crippen LogP contribution >= 0.6 is 23.2 Å². The maximum atomic E-state index is 12.0. The molecule has 2 N–H and O–H groups in total. The van der Waals surface area contributed by atoms with E-state index in [9.17, 15) is 4.79 Å². The van der Waals surface area contributed by atoms with Gasteiger partial charge in [-0.3, -0.25) is 4.79 Å². The zero-order valence-electron chi connectivity index (χ0n) is 10.2. The van der Waals surface area contributed by atoms with Gasteiger partial charge in [-0.1, -0.05) is 29.3 Å². The van der Waals surface area contributed by atoms with Crippen LogP contribution < -0.4 is 10.6 Å². The molecule has 0 spiro atoms. The normalized spacial score (nSPS) is 16.4. The topological polar surface area (TPSA) is 41.1 Å². The molecule has 1 atom stereocenters. The lowest BCUT2D eigenvalue weighted by atomic mass is 10.1. The van der Waals surface area contributed by atoms with Gasteiger partial charge in [0.15, 0.2) is 0 Å². The van der Waals surface area contributed by atoms with E-state index in [1.807, 2.05) is 13.1 Å². The SMILES string of the molecule is CN[C@@H](C(=O)NCc1ccc(Cl)cc1Cl)C1CC1. The number of benzene rings is 1. The quantitative estimate of drug-likeness (QED) is 0.874. The zero-order valence-corrected chi connectivity index (χ0v) is 11.7. The van der Waals surface area contributed by atoms with E-state index in [0.717, 1.165) is 18.4 Å². The van der Waals surface area contributed by atoms with Gasteiger partial charge in [0, 0.05) is 16.6 Å². The summed E-state index contributed by atoms with van der Waals surface area (Å²) in [5, 5.41) is 7.14. The molecule has 0 saturated heterocycles. The monoisotopic (exact) mass is 286 g/mol. The fourth-order valence-corrected chi connectivity index (χ4v) is 2.44. The van der Waals surface area contributed by atoms with Gasteiger partial charge in [-0.25, -0.2) is 0 Å². The number of carbonyl (C=O) groups is 1. The van der Waals surface area contributed by atoms with Gasteiger partial charge in [0.05, 0.1) is 6.04 Å². The molecular weight excluding hydrogens is 271 g/mol. The smallest absolute Gasteiger partial charge is 0.237 e. The first-order chi connectivity index (χ1) is 8.61. The third-order valence-corrected chi connectivity index (χ3v) is 3.74. The predicted octanol–water partition coefficient (Wildman–Crippen LogP) is 2.61. The summed E-state index contributed by atoms with van der Waals surface area (Å²) in [6, 6.07) is 5.19. The molecule has 0 unspecified atom stereocenters. The van der Waals surface area contributed by atoms with Gasteiger partial charge in [-0.05, 0) is 43.5 Å². The van der Waals surface area contributed by atoms with Gasteiger partial charge >= 0.3 is 0 Å². The van der Waals surface area contributed by atoms with Gasteiger partial charge < -0.3 is 10.6 Å². The van der Waals surface area contributed by atoms with Gasteiger partial charge in [0.1, 0.15) is 0 Å². The molecule has 1 saturated carbocycles. The number of halogens is 2. The summed E-state index contributed by atoms with van der Waals surface area (Å²) in [6.45, 7) is 0.430. The highest BCUT2D eigenvalue weighted by atomic mass is 35.5. The Labute approximate surface area is 117 Å². The molecule has 3 nitrogen and oxygen atoms in total. The van der Waals surface area contributed by atoms with Gasteiger partial charge in [0.25, 0.3) is 0 Å². The van der Waals surface area contributed by atoms with E-state index < -0.39 is 0 Å². The first kappa shape index (κ1) is 13.7. The number of nitrogens with one attached hydrogen (secondary N) is 2. The number of hydrogen-bond acceptors (Lipinski definition) is 2. The Morgan fingerprint density at radius 3 is 2.72 bits per heavy atom. The summed E-state index contributed by atoms with van der Waals surface area (Å²) >= 11 is 11.9. The van der Waals surface area contributed by atoms with Crippen molar-refractivity contribution in [3.8, 4) is 0 Å². The second-order valence-corrected chi connectivity index (χ2v) is 5.40. The van der Waals surface area contributed by atoms with E-state index in [1.165, 1.54) is 0 Å². The van der Waals surface area contributed by atoms with Crippen LogP contribution in [0.2, 0.25) is 10.0 Å². The van der Waals surface area contributed by atoms with Crippen LogP contribution in [0.25, 0.3) is 0 Å². The number of carbonyl (C=O) groups excluding carboxylic acids is 1. The summed E-state index contributed by atoms with van der Waals surface area (Å²) in [7, 11) is 1.82. The highest BCUT2D eigenvalue weighted by Gasteiger charge is 2.34. The van der Waals surface area contributed by atoms with Crippen LogP contribution in [0, 0.1) is 5.92 Å². The summed E-state index contributed by atoms with van der Waals surface area (Å²) < 4.78 is 0. The van der Waals surface area contributed by atoms with Crippen LogP contribution in [0.5, 0.6) is 0 Å². The van der Waals surface area contributed by atoms with Crippen molar-refractivity contribution in [1.29, 1.82) is 0 Å². The van der Waals surface area contributed by atoms with E-state index in [4.69, 9.17) is 23.2 Å². The second kappa shape index (κ2) is 5.91. The van der Waals surface area contributed by atoms with Crippen LogP contribution in [0.15, 0.2) is 18.2 Å². The van der Waals surface area contributed by atoms with E-state index in [2.05, 4.69) is 10.6 Å². The molecule has 0 aromatic heterocycles. The Kier molecular flexibility index (Phi) is 4.49. The lowest BCUT2D eigenvalue weighted by molar-refractivity contribution is -0.123. The molecular formula is C13H16Cl2N2O. The number of likely N-dealkylation sites (N-methyl/N-ethyl adjacent to an activating group) is 1. The molecule has 1 aliphatic carbocycles. The maximum absolute atomic E-state index is 12.0. The molecule has 98 valence electrons. The van der Waals surface area contributed by atoms with Crippen molar-refractivity contribution in [2.24, 2.45) is 5.92 Å². The van der Waals surface area contributed by atoms with E-state index in [-0.39, 0.29) is 11.9 Å². The molecule has 1 aromatic rings. The minimum atomic E-state index is -0.0870. The van der Waals surface area contributed by atoms with Crippen molar-refractivity contribution >= 4 is 29.1 Å². The molecule has 0 bridgehead atoms. The zero-order chi connectivity index (χ0) is 13.1. The Bertz CT molecular complexity index is 447. The second-order valence-electron chi connectivity index (χ2n) is 4.56. The Hall–Kier alpha value is -0.770. The van der Waals surface area contributed by atoms with Gasteiger partial charge in [0.2, 0.25) is 5.91 Å². The summed E-state index contributed by atoms with van der Waals surface area (Å²) in [5.41, 5.74) is 0.875. The average molecular weight is 287 g/mol. The molecule has 1 amide bonds. The van der Waals surface area contributed by atoms with Gasteiger partial charge in [-0.2, -0.15) is 0 Å². The van der Waals surface area contributed by atoms with E-state index in [0.29, 0.717) is 22.5 Å². The number of amides is 1. The molecule has 0 heterocycles. The van der Waals surface area contributed by atoms with Crippen molar-refractivity contribution in [1.82, 2.24) is 10.6 Å². The molecule has 1 aromatic carbocycles.